The van der Waals surface area contributed by atoms with Crippen molar-refractivity contribution in [2.24, 2.45) is 11.8 Å². The highest BCUT2D eigenvalue weighted by Gasteiger charge is 2.37. The molecule has 4 rings (SSSR count). The number of halogens is 4. The van der Waals surface area contributed by atoms with E-state index < -0.39 is 11.7 Å². The summed E-state index contributed by atoms with van der Waals surface area (Å²) >= 11 is 6.15. The largest absolute Gasteiger partial charge is 0.416 e. The molecule has 0 spiro atoms. The Labute approximate surface area is 164 Å². The molecule has 0 saturated heterocycles. The van der Waals surface area contributed by atoms with Crippen molar-refractivity contribution >= 4 is 22.8 Å². The predicted octanol–water partition coefficient (Wildman–Crippen LogP) is 5.63. The van der Waals surface area contributed by atoms with Gasteiger partial charge in [0.15, 0.2) is 0 Å². The highest BCUT2D eigenvalue weighted by Crippen LogP contribution is 2.47. The molecule has 2 heterocycles. The number of aromatic nitrogens is 5. The maximum absolute atomic E-state index is 12.9. The number of nitrogens with zero attached hydrogens (tertiary/aromatic N) is 4. The van der Waals surface area contributed by atoms with Crippen LogP contribution in [0.1, 0.15) is 50.4 Å². The van der Waals surface area contributed by atoms with Gasteiger partial charge in [0.2, 0.25) is 5.65 Å². The summed E-state index contributed by atoms with van der Waals surface area (Å²) in [7, 11) is 0. The smallest absolute Gasteiger partial charge is 0.338 e. The molecule has 2 atom stereocenters. The van der Waals surface area contributed by atoms with Crippen molar-refractivity contribution in [3.63, 3.8) is 0 Å². The number of benzene rings is 1. The van der Waals surface area contributed by atoms with Crippen LogP contribution in [0.2, 0.25) is 5.02 Å². The number of alkyl halides is 3. The van der Waals surface area contributed by atoms with Crippen LogP contribution >= 0.6 is 11.6 Å². The lowest BCUT2D eigenvalue weighted by molar-refractivity contribution is -0.137. The summed E-state index contributed by atoms with van der Waals surface area (Å²) in [6.07, 6.45) is -1.09. The van der Waals surface area contributed by atoms with Crippen LogP contribution in [0, 0.1) is 11.8 Å². The van der Waals surface area contributed by atoms with Gasteiger partial charge in [-0.05, 0) is 42.0 Å². The first-order chi connectivity index (χ1) is 13.3. The molecule has 3 aromatic rings. The van der Waals surface area contributed by atoms with Gasteiger partial charge in [-0.2, -0.15) is 13.2 Å². The van der Waals surface area contributed by atoms with E-state index in [2.05, 4.69) is 39.2 Å². The Bertz CT molecular complexity index is 1010. The van der Waals surface area contributed by atoms with E-state index in [0.717, 1.165) is 24.4 Å². The summed E-state index contributed by atoms with van der Waals surface area (Å²) < 4.78 is 38.8. The van der Waals surface area contributed by atoms with Crippen molar-refractivity contribution in [3.8, 4) is 11.3 Å². The van der Waals surface area contributed by atoms with Gasteiger partial charge < -0.3 is 4.98 Å². The topological polar surface area (TPSA) is 67.3 Å². The lowest BCUT2D eigenvalue weighted by Gasteiger charge is -2.20. The van der Waals surface area contributed by atoms with Crippen LogP contribution in [0.25, 0.3) is 22.4 Å². The number of hydrogen-bond donors (Lipinski definition) is 1. The zero-order valence-electron chi connectivity index (χ0n) is 15.4. The summed E-state index contributed by atoms with van der Waals surface area (Å²) in [5, 5.41) is 11.7. The lowest BCUT2D eigenvalue weighted by atomic mass is 9.87. The average molecular weight is 410 g/mol. The molecular formula is C19H19ClF3N5. The van der Waals surface area contributed by atoms with Crippen molar-refractivity contribution in [2.75, 3.05) is 0 Å². The third kappa shape index (κ3) is 3.45. The van der Waals surface area contributed by atoms with Gasteiger partial charge in [-0.1, -0.05) is 37.9 Å². The zero-order valence-corrected chi connectivity index (χ0v) is 16.1. The number of imidazole rings is 1. The SMILES string of the molecule is CCC(C)C(c1nc2nnnc(-c3ccc(C(F)(F)F)cc3Cl)c2[nH]1)C1CC1. The number of aromatic amines is 1. The van der Waals surface area contributed by atoms with Crippen molar-refractivity contribution in [3.05, 3.63) is 34.6 Å². The molecule has 0 bridgehead atoms. The van der Waals surface area contributed by atoms with Crippen LogP contribution in [0.3, 0.4) is 0 Å². The van der Waals surface area contributed by atoms with Crippen molar-refractivity contribution in [2.45, 2.75) is 45.2 Å². The minimum absolute atomic E-state index is 0.0477. The van der Waals surface area contributed by atoms with E-state index in [0.29, 0.717) is 34.3 Å². The quantitative estimate of drug-likeness (QED) is 0.593. The van der Waals surface area contributed by atoms with Crippen LogP contribution in [-0.2, 0) is 6.18 Å². The lowest BCUT2D eigenvalue weighted by Crippen LogP contribution is -2.13. The second-order valence-electron chi connectivity index (χ2n) is 7.40. The van der Waals surface area contributed by atoms with Crippen LogP contribution in [-0.4, -0.2) is 25.4 Å². The fraction of sp³-hybridized carbons (Fsp3) is 0.474. The number of fused-ring (bicyclic) bond motifs is 1. The summed E-state index contributed by atoms with van der Waals surface area (Å²) in [6, 6.07) is 3.19. The first kappa shape index (κ1) is 19.1. The highest BCUT2D eigenvalue weighted by atomic mass is 35.5. The molecule has 1 aliphatic carbocycles. The van der Waals surface area contributed by atoms with Crippen LogP contribution in [0.5, 0.6) is 0 Å². The van der Waals surface area contributed by atoms with Gasteiger partial charge in [0.05, 0.1) is 10.6 Å². The second-order valence-corrected chi connectivity index (χ2v) is 7.81. The molecule has 1 saturated carbocycles. The Morgan fingerprint density at radius 2 is 2.00 bits per heavy atom. The molecule has 9 heteroatoms. The molecule has 5 nitrogen and oxygen atoms in total. The summed E-state index contributed by atoms with van der Waals surface area (Å²) in [6.45, 7) is 4.35. The van der Waals surface area contributed by atoms with E-state index in [1.165, 1.54) is 18.9 Å². The molecule has 28 heavy (non-hydrogen) atoms. The standard InChI is InChI=1S/C19H19ClF3N5/c1-3-9(2)14(10-4-5-10)17-24-16-15(26-28-27-18(16)25-17)12-7-6-11(8-13(12)20)19(21,22)23/h6-10,14H,3-5H2,1-2H3,(H,24,25,26,27). The summed E-state index contributed by atoms with van der Waals surface area (Å²) in [4.78, 5) is 7.94. The van der Waals surface area contributed by atoms with Gasteiger partial charge >= 0.3 is 6.18 Å². The third-order valence-electron chi connectivity index (χ3n) is 5.48. The summed E-state index contributed by atoms with van der Waals surface area (Å²) in [5.41, 5.74) is 0.832. The van der Waals surface area contributed by atoms with Crippen molar-refractivity contribution < 1.29 is 13.2 Å². The van der Waals surface area contributed by atoms with Gasteiger partial charge in [0, 0.05) is 11.5 Å². The Morgan fingerprint density at radius 3 is 2.61 bits per heavy atom. The zero-order chi connectivity index (χ0) is 20.1. The molecule has 0 amide bonds. The van der Waals surface area contributed by atoms with Gasteiger partial charge in [-0.15, -0.1) is 10.2 Å². The Morgan fingerprint density at radius 1 is 1.25 bits per heavy atom. The number of nitrogens with one attached hydrogen (secondary N) is 1. The molecule has 1 N–H and O–H groups in total. The van der Waals surface area contributed by atoms with E-state index in [4.69, 9.17) is 11.6 Å². The van der Waals surface area contributed by atoms with Gasteiger partial charge in [-0.3, -0.25) is 0 Å². The first-order valence-corrected chi connectivity index (χ1v) is 9.63. The minimum Gasteiger partial charge on any atom is -0.338 e. The number of hydrogen-bond acceptors (Lipinski definition) is 4. The van der Waals surface area contributed by atoms with E-state index in [1.54, 1.807) is 0 Å². The number of rotatable bonds is 5. The molecule has 148 valence electrons. The molecular weight excluding hydrogens is 391 g/mol. The van der Waals surface area contributed by atoms with E-state index in [1.807, 2.05) is 0 Å². The van der Waals surface area contributed by atoms with Crippen molar-refractivity contribution in [1.82, 2.24) is 25.4 Å². The van der Waals surface area contributed by atoms with Crippen LogP contribution in [0.4, 0.5) is 13.2 Å². The molecule has 2 unspecified atom stereocenters. The normalized spacial score (nSPS) is 17.1. The molecule has 1 aromatic carbocycles. The molecule has 2 aromatic heterocycles. The highest BCUT2D eigenvalue weighted by molar-refractivity contribution is 6.33. The second kappa shape index (κ2) is 6.99. The fourth-order valence-corrected chi connectivity index (χ4v) is 3.95. The summed E-state index contributed by atoms with van der Waals surface area (Å²) in [5.74, 6) is 2.16. The van der Waals surface area contributed by atoms with Gasteiger partial charge in [-0.25, -0.2) is 4.98 Å². The monoisotopic (exact) mass is 409 g/mol. The predicted molar refractivity (Wildman–Crippen MR) is 99.8 cm³/mol. The maximum Gasteiger partial charge on any atom is 0.416 e. The Hall–Kier alpha value is -2.22. The molecule has 1 aliphatic rings. The van der Waals surface area contributed by atoms with Crippen LogP contribution in [0.15, 0.2) is 18.2 Å². The van der Waals surface area contributed by atoms with E-state index >= 15 is 0 Å². The molecule has 0 aliphatic heterocycles. The van der Waals surface area contributed by atoms with Gasteiger partial charge in [0.25, 0.3) is 0 Å². The minimum atomic E-state index is -4.46. The van der Waals surface area contributed by atoms with Crippen LogP contribution < -0.4 is 0 Å². The first-order valence-electron chi connectivity index (χ1n) is 9.25. The van der Waals surface area contributed by atoms with E-state index in [9.17, 15) is 13.2 Å². The third-order valence-corrected chi connectivity index (χ3v) is 5.79. The molecule has 0 radical (unpaired) electrons. The van der Waals surface area contributed by atoms with E-state index in [-0.39, 0.29) is 10.9 Å². The maximum atomic E-state index is 12.9. The Kier molecular flexibility index (Phi) is 4.77. The van der Waals surface area contributed by atoms with Gasteiger partial charge in [0.1, 0.15) is 17.0 Å². The Balaban J connectivity index is 1.80. The molecule has 1 fully saturated rings. The van der Waals surface area contributed by atoms with Crippen molar-refractivity contribution in [1.29, 1.82) is 0 Å². The average Bonchev–Trinajstić information content (AvgIpc) is 3.38. The fourth-order valence-electron chi connectivity index (χ4n) is 3.68. The number of H-pyrrole nitrogens is 1.